The minimum Gasteiger partial charge on any atom is -0.398 e. The molecular formula is C17H26N4O3. The summed E-state index contributed by atoms with van der Waals surface area (Å²) in [6.45, 7) is 0. The highest BCUT2D eigenvalue weighted by molar-refractivity contribution is 6.00. The van der Waals surface area contributed by atoms with Gasteiger partial charge < -0.3 is 16.6 Å². The molecule has 24 heavy (non-hydrogen) atoms. The van der Waals surface area contributed by atoms with Gasteiger partial charge in [-0.3, -0.25) is 20.4 Å². The van der Waals surface area contributed by atoms with Gasteiger partial charge in [0, 0.05) is 11.7 Å². The lowest BCUT2D eigenvalue weighted by atomic mass is 9.84. The Hall–Kier alpha value is -2.12. The zero-order valence-electron chi connectivity index (χ0n) is 13.7. The van der Waals surface area contributed by atoms with Crippen molar-refractivity contribution >= 4 is 17.5 Å². The number of amides is 2. The fraction of sp³-hybridized carbons (Fsp3) is 0.529. The molecule has 1 unspecified atom stereocenters. The van der Waals surface area contributed by atoms with Crippen LogP contribution in [0.3, 0.4) is 0 Å². The molecule has 7 N–H and O–H groups in total. The number of aliphatic hydroxyl groups is 1. The molecule has 0 radical (unpaired) electrons. The Morgan fingerprint density at radius 2 is 1.83 bits per heavy atom. The van der Waals surface area contributed by atoms with Crippen molar-refractivity contribution in [3.8, 4) is 0 Å². The Kier molecular flexibility index (Phi) is 6.57. The Morgan fingerprint density at radius 1 is 1.17 bits per heavy atom. The van der Waals surface area contributed by atoms with Crippen LogP contribution in [0, 0.1) is 5.92 Å². The highest BCUT2D eigenvalue weighted by Crippen LogP contribution is 2.27. The molecule has 1 aromatic carbocycles. The second kappa shape index (κ2) is 8.65. The van der Waals surface area contributed by atoms with Crippen molar-refractivity contribution in [3.05, 3.63) is 29.8 Å². The summed E-state index contributed by atoms with van der Waals surface area (Å²) in [4.78, 5) is 23.9. The van der Waals surface area contributed by atoms with E-state index in [4.69, 9.17) is 11.5 Å². The maximum absolute atomic E-state index is 12.0. The van der Waals surface area contributed by atoms with Gasteiger partial charge in [-0.2, -0.15) is 0 Å². The number of carbonyl (C=O) groups is 2. The van der Waals surface area contributed by atoms with Gasteiger partial charge in [-0.1, -0.05) is 44.2 Å². The van der Waals surface area contributed by atoms with Gasteiger partial charge in [-0.05, 0) is 24.5 Å². The molecular weight excluding hydrogens is 308 g/mol. The number of nitrogens with one attached hydrogen (secondary N) is 2. The first-order valence-electron chi connectivity index (χ1n) is 8.37. The smallest absolute Gasteiger partial charge is 0.271 e. The highest BCUT2D eigenvalue weighted by Gasteiger charge is 2.27. The predicted octanol–water partition coefficient (Wildman–Crippen LogP) is 0.688. The lowest BCUT2D eigenvalue weighted by Crippen LogP contribution is -2.52. The molecule has 1 fully saturated rings. The molecule has 2 rings (SSSR count). The third kappa shape index (κ3) is 4.94. The summed E-state index contributed by atoms with van der Waals surface area (Å²) in [7, 11) is 0. The van der Waals surface area contributed by atoms with Crippen LogP contribution in [0.25, 0.3) is 0 Å². The normalized spacial score (nSPS) is 17.8. The second-order valence-electron chi connectivity index (χ2n) is 6.38. The number of hydrazine groups is 1. The summed E-state index contributed by atoms with van der Waals surface area (Å²) in [5.41, 5.74) is 16.6. The quantitative estimate of drug-likeness (QED) is 0.399. The van der Waals surface area contributed by atoms with Gasteiger partial charge in [0.1, 0.15) is 6.10 Å². The third-order valence-electron chi connectivity index (χ3n) is 4.51. The van der Waals surface area contributed by atoms with Crippen molar-refractivity contribution in [2.45, 2.75) is 50.7 Å². The number of nitrogens with two attached hydrogens (primary N) is 2. The molecule has 0 bridgehead atoms. The number of carbonyl (C=O) groups excluding carboxylic acids is 2. The first-order chi connectivity index (χ1) is 11.5. The molecule has 1 aromatic rings. The van der Waals surface area contributed by atoms with Gasteiger partial charge >= 0.3 is 0 Å². The van der Waals surface area contributed by atoms with E-state index in [0.29, 0.717) is 18.0 Å². The van der Waals surface area contributed by atoms with Gasteiger partial charge in [-0.15, -0.1) is 0 Å². The van der Waals surface area contributed by atoms with Crippen molar-refractivity contribution in [1.29, 1.82) is 0 Å². The molecule has 7 nitrogen and oxygen atoms in total. The van der Waals surface area contributed by atoms with E-state index in [-0.39, 0.29) is 5.56 Å². The fourth-order valence-corrected chi connectivity index (χ4v) is 3.09. The van der Waals surface area contributed by atoms with E-state index in [1.54, 1.807) is 24.3 Å². The Labute approximate surface area is 141 Å². The van der Waals surface area contributed by atoms with Crippen LogP contribution in [0.4, 0.5) is 5.69 Å². The predicted molar refractivity (Wildman–Crippen MR) is 91.6 cm³/mol. The Bertz CT molecular complexity index is 573. The summed E-state index contributed by atoms with van der Waals surface area (Å²) < 4.78 is 0. The molecule has 7 heteroatoms. The van der Waals surface area contributed by atoms with E-state index in [2.05, 4.69) is 10.9 Å². The first-order valence-corrected chi connectivity index (χ1v) is 8.37. The van der Waals surface area contributed by atoms with Crippen LogP contribution < -0.4 is 22.3 Å². The Morgan fingerprint density at radius 3 is 2.50 bits per heavy atom. The topological polar surface area (TPSA) is 130 Å². The van der Waals surface area contributed by atoms with Crippen molar-refractivity contribution < 1.29 is 14.7 Å². The molecule has 1 aliphatic carbocycles. The minimum absolute atomic E-state index is 0.249. The largest absolute Gasteiger partial charge is 0.398 e. The average molecular weight is 334 g/mol. The van der Waals surface area contributed by atoms with Gasteiger partial charge in [0.25, 0.3) is 11.8 Å². The molecule has 2 atom stereocenters. The summed E-state index contributed by atoms with van der Waals surface area (Å²) >= 11 is 0. The van der Waals surface area contributed by atoms with Crippen molar-refractivity contribution in [1.82, 2.24) is 10.9 Å². The maximum Gasteiger partial charge on any atom is 0.271 e. The van der Waals surface area contributed by atoms with Gasteiger partial charge in [-0.25, -0.2) is 0 Å². The minimum atomic E-state index is -1.36. The Balaban J connectivity index is 1.80. The van der Waals surface area contributed by atoms with Crippen LogP contribution in [0.1, 0.15) is 48.9 Å². The number of hydrogen-bond acceptors (Lipinski definition) is 5. The zero-order chi connectivity index (χ0) is 17.5. The van der Waals surface area contributed by atoms with Gasteiger partial charge in [0.2, 0.25) is 0 Å². The number of aliphatic hydroxyl groups excluding tert-OH is 1. The average Bonchev–Trinajstić information content (AvgIpc) is 2.60. The number of hydrogen-bond donors (Lipinski definition) is 5. The lowest BCUT2D eigenvalue weighted by Gasteiger charge is -2.26. The SMILES string of the molecule is Nc1ccccc1C(=O)NNC(=O)C(O)[C@H](N)CC1CCCCC1. The molecule has 0 saturated heterocycles. The van der Waals surface area contributed by atoms with Crippen LogP contribution in [0.2, 0.25) is 0 Å². The highest BCUT2D eigenvalue weighted by atomic mass is 16.3. The van der Waals surface area contributed by atoms with E-state index >= 15 is 0 Å². The van der Waals surface area contributed by atoms with E-state index in [1.165, 1.54) is 19.3 Å². The van der Waals surface area contributed by atoms with Gasteiger partial charge in [0.15, 0.2) is 0 Å². The van der Waals surface area contributed by atoms with Crippen molar-refractivity contribution in [2.75, 3.05) is 5.73 Å². The number of nitrogen functional groups attached to an aromatic ring is 1. The van der Waals surface area contributed by atoms with Crippen LogP contribution in [-0.2, 0) is 4.79 Å². The number of para-hydroxylation sites is 1. The lowest BCUT2D eigenvalue weighted by molar-refractivity contribution is -0.131. The van der Waals surface area contributed by atoms with E-state index < -0.39 is 24.0 Å². The van der Waals surface area contributed by atoms with Crippen LogP contribution >= 0.6 is 0 Å². The number of rotatable bonds is 5. The van der Waals surface area contributed by atoms with Crippen molar-refractivity contribution in [3.63, 3.8) is 0 Å². The van der Waals surface area contributed by atoms with Crippen LogP contribution in [0.5, 0.6) is 0 Å². The monoisotopic (exact) mass is 334 g/mol. The number of benzene rings is 1. The van der Waals surface area contributed by atoms with Gasteiger partial charge in [0.05, 0.1) is 5.56 Å². The van der Waals surface area contributed by atoms with Crippen molar-refractivity contribution in [2.24, 2.45) is 11.7 Å². The van der Waals surface area contributed by atoms with E-state index in [0.717, 1.165) is 12.8 Å². The third-order valence-corrected chi connectivity index (χ3v) is 4.51. The molecule has 1 saturated carbocycles. The summed E-state index contributed by atoms with van der Waals surface area (Å²) in [6.07, 6.45) is 5.01. The first kappa shape index (κ1) is 18.2. The molecule has 2 amide bonds. The van der Waals surface area contributed by atoms with Crippen LogP contribution in [0.15, 0.2) is 24.3 Å². The summed E-state index contributed by atoms with van der Waals surface area (Å²) in [5, 5.41) is 10.0. The molecule has 132 valence electrons. The molecule has 0 spiro atoms. The second-order valence-corrected chi connectivity index (χ2v) is 6.38. The van der Waals surface area contributed by atoms with E-state index in [9.17, 15) is 14.7 Å². The molecule has 0 aromatic heterocycles. The summed E-state index contributed by atoms with van der Waals surface area (Å²) in [5.74, 6) is -0.814. The number of anilines is 1. The molecule has 0 aliphatic heterocycles. The molecule has 1 aliphatic rings. The fourth-order valence-electron chi connectivity index (χ4n) is 3.09. The maximum atomic E-state index is 12.0. The summed E-state index contributed by atoms with van der Waals surface area (Å²) in [6, 6.07) is 5.86. The molecule has 0 heterocycles. The van der Waals surface area contributed by atoms with E-state index in [1.807, 2.05) is 0 Å². The zero-order valence-corrected chi connectivity index (χ0v) is 13.7. The standard InChI is InChI=1S/C17H26N4O3/c18-13-9-5-4-8-12(13)16(23)20-21-17(24)15(22)14(19)10-11-6-2-1-3-7-11/h4-5,8-9,11,14-15,22H,1-3,6-7,10,18-19H2,(H,20,23)(H,21,24)/t14-,15?/m1/s1. The van der Waals surface area contributed by atoms with Crippen LogP contribution in [-0.4, -0.2) is 29.1 Å².